The first-order chi connectivity index (χ1) is 12.5. The van der Waals surface area contributed by atoms with E-state index in [1.165, 1.54) is 41.9 Å². The molecular weight excluding hydrogens is 370 g/mol. The molecule has 0 saturated carbocycles. The van der Waals surface area contributed by atoms with Crippen LogP contribution >= 0.6 is 22.7 Å². The largest absolute Gasteiger partial charge is 0.465 e. The zero-order chi connectivity index (χ0) is 18.6. The minimum Gasteiger partial charge on any atom is -0.465 e. The third-order valence-corrected chi connectivity index (χ3v) is 5.70. The summed E-state index contributed by atoms with van der Waals surface area (Å²) in [6, 6.07) is 11.7. The monoisotopic (exact) mass is 387 g/mol. The minimum atomic E-state index is -1.28. The van der Waals surface area contributed by atoms with Crippen molar-refractivity contribution < 1.29 is 19.4 Å². The Kier molecular flexibility index (Phi) is 5.51. The van der Waals surface area contributed by atoms with Gasteiger partial charge < -0.3 is 15.2 Å². The Morgan fingerprint density at radius 3 is 2.42 bits per heavy atom. The van der Waals surface area contributed by atoms with Crippen LogP contribution in [-0.2, 0) is 10.3 Å². The van der Waals surface area contributed by atoms with E-state index in [1.54, 1.807) is 12.1 Å². The molecule has 1 amide bonds. The predicted octanol–water partition coefficient (Wildman–Crippen LogP) is 3.26. The second-order valence-corrected chi connectivity index (χ2v) is 7.33. The molecule has 0 fully saturated rings. The standard InChI is InChI=1S/C19H17NO4S2/c1-24-18(22)14-6-4-13(5-7-14)17(21)20-12-19(23,15-8-10-25-11-15)16-3-2-9-26-16/h2-11,23H,12H2,1H3,(H,20,21)/t19-/m0/s1. The van der Waals surface area contributed by atoms with Crippen molar-refractivity contribution in [1.29, 1.82) is 0 Å². The smallest absolute Gasteiger partial charge is 0.337 e. The van der Waals surface area contributed by atoms with E-state index in [0.717, 1.165) is 10.4 Å². The maximum atomic E-state index is 12.4. The SMILES string of the molecule is COC(=O)c1ccc(C(=O)NC[C@](O)(c2ccsc2)c2cccs2)cc1. The van der Waals surface area contributed by atoms with Crippen LogP contribution in [0.15, 0.2) is 58.6 Å². The van der Waals surface area contributed by atoms with Gasteiger partial charge in [0.15, 0.2) is 0 Å². The van der Waals surface area contributed by atoms with Crippen molar-refractivity contribution in [2.24, 2.45) is 0 Å². The van der Waals surface area contributed by atoms with Crippen molar-refractivity contribution in [3.8, 4) is 0 Å². The number of methoxy groups -OCH3 is 1. The van der Waals surface area contributed by atoms with Gasteiger partial charge in [-0.1, -0.05) is 6.07 Å². The lowest BCUT2D eigenvalue weighted by atomic mass is 9.94. The first-order valence-electron chi connectivity index (χ1n) is 7.80. The molecule has 3 rings (SSSR count). The van der Waals surface area contributed by atoms with Gasteiger partial charge in [-0.25, -0.2) is 4.79 Å². The van der Waals surface area contributed by atoms with E-state index in [2.05, 4.69) is 10.1 Å². The van der Waals surface area contributed by atoms with Gasteiger partial charge in [0.1, 0.15) is 5.60 Å². The number of thiophene rings is 2. The second kappa shape index (κ2) is 7.82. The van der Waals surface area contributed by atoms with E-state index in [-0.39, 0.29) is 12.5 Å². The Morgan fingerprint density at radius 2 is 1.85 bits per heavy atom. The quantitative estimate of drug-likeness (QED) is 0.637. The molecule has 0 radical (unpaired) electrons. The van der Waals surface area contributed by atoms with Gasteiger partial charge in [0.05, 0.1) is 19.2 Å². The number of hydrogen-bond acceptors (Lipinski definition) is 6. The van der Waals surface area contributed by atoms with Crippen molar-refractivity contribution in [1.82, 2.24) is 5.32 Å². The van der Waals surface area contributed by atoms with E-state index < -0.39 is 11.6 Å². The number of carbonyl (C=O) groups is 2. The zero-order valence-electron chi connectivity index (χ0n) is 14.0. The van der Waals surface area contributed by atoms with E-state index in [9.17, 15) is 14.7 Å². The van der Waals surface area contributed by atoms with Crippen LogP contribution in [0.25, 0.3) is 0 Å². The average Bonchev–Trinajstić information content (AvgIpc) is 3.39. The summed E-state index contributed by atoms with van der Waals surface area (Å²) >= 11 is 2.92. The van der Waals surface area contributed by atoms with Gasteiger partial charge in [0, 0.05) is 16.0 Å². The molecule has 1 atom stereocenters. The number of rotatable bonds is 6. The van der Waals surface area contributed by atoms with Gasteiger partial charge in [-0.2, -0.15) is 11.3 Å². The van der Waals surface area contributed by atoms with Crippen LogP contribution < -0.4 is 5.32 Å². The molecule has 0 aliphatic carbocycles. The summed E-state index contributed by atoms with van der Waals surface area (Å²) in [5.41, 5.74) is 0.232. The molecule has 0 aliphatic rings. The first-order valence-corrected chi connectivity index (χ1v) is 9.62. The molecule has 2 aromatic heterocycles. The molecule has 0 unspecified atom stereocenters. The van der Waals surface area contributed by atoms with Crippen molar-refractivity contribution in [3.63, 3.8) is 0 Å². The first kappa shape index (κ1) is 18.3. The summed E-state index contributed by atoms with van der Waals surface area (Å²) in [4.78, 5) is 24.7. The van der Waals surface area contributed by atoms with E-state index in [0.29, 0.717) is 11.1 Å². The van der Waals surface area contributed by atoms with Crippen LogP contribution in [0.5, 0.6) is 0 Å². The Balaban J connectivity index is 1.75. The molecule has 1 aromatic carbocycles. The molecule has 5 nitrogen and oxygen atoms in total. The fourth-order valence-electron chi connectivity index (χ4n) is 2.53. The molecule has 3 aromatic rings. The highest BCUT2D eigenvalue weighted by molar-refractivity contribution is 7.10. The number of benzene rings is 1. The molecular formula is C19H17NO4S2. The summed E-state index contributed by atoms with van der Waals surface area (Å²) in [5, 5.41) is 19.7. The molecule has 7 heteroatoms. The Morgan fingerprint density at radius 1 is 1.12 bits per heavy atom. The average molecular weight is 387 g/mol. The van der Waals surface area contributed by atoms with Gasteiger partial charge >= 0.3 is 5.97 Å². The van der Waals surface area contributed by atoms with Crippen LogP contribution in [0.2, 0.25) is 0 Å². The summed E-state index contributed by atoms with van der Waals surface area (Å²) in [7, 11) is 1.30. The number of nitrogens with one attached hydrogen (secondary N) is 1. The zero-order valence-corrected chi connectivity index (χ0v) is 15.6. The van der Waals surface area contributed by atoms with Crippen LogP contribution in [0.1, 0.15) is 31.2 Å². The molecule has 2 N–H and O–H groups in total. The van der Waals surface area contributed by atoms with E-state index >= 15 is 0 Å². The topological polar surface area (TPSA) is 75.6 Å². The molecule has 0 saturated heterocycles. The van der Waals surface area contributed by atoms with Crippen molar-refractivity contribution in [2.75, 3.05) is 13.7 Å². The number of ether oxygens (including phenoxy) is 1. The Labute approximate surface area is 158 Å². The van der Waals surface area contributed by atoms with Gasteiger partial charge in [0.2, 0.25) is 0 Å². The number of carbonyl (C=O) groups excluding carboxylic acids is 2. The summed E-state index contributed by atoms with van der Waals surface area (Å²) < 4.78 is 4.64. The van der Waals surface area contributed by atoms with Crippen LogP contribution in [0, 0.1) is 0 Å². The van der Waals surface area contributed by atoms with Gasteiger partial charge in [-0.15, -0.1) is 11.3 Å². The number of hydrogen-bond donors (Lipinski definition) is 2. The van der Waals surface area contributed by atoms with Gasteiger partial charge in [-0.05, 0) is 52.5 Å². The predicted molar refractivity (Wildman–Crippen MR) is 102 cm³/mol. The molecule has 0 aliphatic heterocycles. The highest BCUT2D eigenvalue weighted by Crippen LogP contribution is 2.33. The lowest BCUT2D eigenvalue weighted by molar-refractivity contribution is 0.0600. The fourth-order valence-corrected chi connectivity index (χ4v) is 4.10. The second-order valence-electron chi connectivity index (χ2n) is 5.60. The summed E-state index contributed by atoms with van der Waals surface area (Å²) in [6.07, 6.45) is 0. The van der Waals surface area contributed by atoms with Crippen LogP contribution in [0.3, 0.4) is 0 Å². The van der Waals surface area contributed by atoms with Crippen LogP contribution in [-0.4, -0.2) is 30.6 Å². The number of aliphatic hydroxyl groups is 1. The molecule has 0 spiro atoms. The van der Waals surface area contributed by atoms with E-state index in [1.807, 2.05) is 34.3 Å². The van der Waals surface area contributed by atoms with Gasteiger partial charge in [-0.3, -0.25) is 4.79 Å². The molecule has 26 heavy (non-hydrogen) atoms. The summed E-state index contributed by atoms with van der Waals surface area (Å²) in [5.74, 6) is -0.784. The highest BCUT2D eigenvalue weighted by Gasteiger charge is 2.33. The lowest BCUT2D eigenvalue weighted by Crippen LogP contribution is -2.41. The maximum absolute atomic E-state index is 12.4. The van der Waals surface area contributed by atoms with E-state index in [4.69, 9.17) is 0 Å². The Hall–Kier alpha value is -2.48. The lowest BCUT2D eigenvalue weighted by Gasteiger charge is -2.27. The third kappa shape index (κ3) is 3.70. The molecule has 134 valence electrons. The maximum Gasteiger partial charge on any atom is 0.337 e. The van der Waals surface area contributed by atoms with Crippen molar-refractivity contribution >= 4 is 34.6 Å². The fraction of sp³-hybridized carbons (Fsp3) is 0.158. The third-order valence-electron chi connectivity index (χ3n) is 4.00. The molecule has 0 bridgehead atoms. The van der Waals surface area contributed by atoms with Crippen molar-refractivity contribution in [3.05, 3.63) is 80.2 Å². The van der Waals surface area contributed by atoms with Crippen LogP contribution in [0.4, 0.5) is 0 Å². The molecule has 2 heterocycles. The normalized spacial score (nSPS) is 13.0. The number of amides is 1. The summed E-state index contributed by atoms with van der Waals surface area (Å²) in [6.45, 7) is 0.0435. The van der Waals surface area contributed by atoms with Crippen molar-refractivity contribution in [2.45, 2.75) is 5.60 Å². The minimum absolute atomic E-state index is 0.0435. The highest BCUT2D eigenvalue weighted by atomic mass is 32.1. The van der Waals surface area contributed by atoms with Gasteiger partial charge in [0.25, 0.3) is 5.91 Å². The Bertz CT molecular complexity index is 837. The number of esters is 1.